The van der Waals surface area contributed by atoms with Gasteiger partial charge in [0.25, 0.3) is 11.6 Å². The molecule has 156 valence electrons. The third kappa shape index (κ3) is 4.74. The van der Waals surface area contributed by atoms with Gasteiger partial charge in [0.05, 0.1) is 34.3 Å². The molecule has 0 spiro atoms. The Bertz CT molecular complexity index is 1070. The highest BCUT2D eigenvalue weighted by Crippen LogP contribution is 2.38. The van der Waals surface area contributed by atoms with E-state index in [1.807, 2.05) is 25.1 Å². The monoisotopic (exact) mass is 435 g/mol. The fraction of sp³-hybridized carbons (Fsp3) is 0.158. The quantitative estimate of drug-likeness (QED) is 0.410. The molecule has 1 aliphatic heterocycles. The minimum absolute atomic E-state index is 0.00624. The van der Waals surface area contributed by atoms with E-state index >= 15 is 0 Å². The number of carbonyl (C=O) groups excluding carboxylic acids is 1. The van der Waals surface area contributed by atoms with Crippen molar-refractivity contribution in [3.05, 3.63) is 62.5 Å². The molecule has 0 aromatic heterocycles. The number of benzene rings is 2. The summed E-state index contributed by atoms with van der Waals surface area (Å²) in [6, 6.07) is 9.32. The molecular weight excluding hydrogens is 420 g/mol. The molecule has 0 saturated carbocycles. The summed E-state index contributed by atoms with van der Waals surface area (Å²) in [4.78, 5) is 27.5. The number of thioether (sulfide) groups is 1. The number of methoxy groups -OCH3 is 1. The van der Waals surface area contributed by atoms with Crippen molar-refractivity contribution in [1.29, 1.82) is 0 Å². The third-order valence-electron chi connectivity index (χ3n) is 4.00. The minimum atomic E-state index is -3.18. The molecule has 0 atom stereocenters. The molecule has 8 nitrogen and oxygen atoms in total. The van der Waals surface area contributed by atoms with Crippen LogP contribution in [-0.2, 0) is 4.79 Å². The molecule has 0 aliphatic carbocycles. The van der Waals surface area contributed by atoms with Crippen molar-refractivity contribution in [1.82, 2.24) is 5.32 Å². The van der Waals surface area contributed by atoms with Crippen LogP contribution in [0.15, 0.2) is 46.3 Å². The average Bonchev–Trinajstić information content (AvgIpc) is 3.02. The van der Waals surface area contributed by atoms with Crippen molar-refractivity contribution in [3.63, 3.8) is 0 Å². The molecule has 1 fully saturated rings. The SMILES string of the molecule is COc1cc(/C=C2\SC(=Nc3ccccc3C)NC2=O)c([N+](=O)[O-])cc1OC(F)F. The van der Waals surface area contributed by atoms with Gasteiger partial charge in [-0.3, -0.25) is 14.9 Å². The van der Waals surface area contributed by atoms with Gasteiger partial charge in [0, 0.05) is 0 Å². The summed E-state index contributed by atoms with van der Waals surface area (Å²) in [5.41, 5.74) is 1.06. The standard InChI is InChI=1S/C19H15F2N3O5S/c1-10-5-3-4-6-12(10)22-19-23-17(25)16(30-19)8-11-7-14(28-2)15(29-18(20)21)9-13(11)24(26)27/h3-9,18H,1-2H3,(H,22,23,25)/b16-8-. The maximum Gasteiger partial charge on any atom is 0.387 e. The average molecular weight is 435 g/mol. The maximum atomic E-state index is 12.6. The number of hydrogen-bond donors (Lipinski definition) is 1. The van der Waals surface area contributed by atoms with E-state index < -0.39 is 28.9 Å². The number of ether oxygens (including phenoxy) is 2. The fourth-order valence-corrected chi connectivity index (χ4v) is 3.43. The van der Waals surface area contributed by atoms with Gasteiger partial charge in [-0.25, -0.2) is 4.99 Å². The molecule has 0 radical (unpaired) electrons. The maximum absolute atomic E-state index is 12.6. The van der Waals surface area contributed by atoms with Crippen molar-refractivity contribution >= 4 is 40.3 Å². The number of nitro groups is 1. The fourth-order valence-electron chi connectivity index (χ4n) is 2.61. The van der Waals surface area contributed by atoms with Crippen molar-refractivity contribution in [3.8, 4) is 11.5 Å². The van der Waals surface area contributed by atoms with E-state index in [2.05, 4.69) is 15.0 Å². The van der Waals surface area contributed by atoms with Crippen molar-refractivity contribution < 1.29 is 28.0 Å². The molecule has 1 heterocycles. The number of nitrogens with one attached hydrogen (secondary N) is 1. The Labute approximate surface area is 173 Å². The first-order valence-electron chi connectivity index (χ1n) is 8.45. The van der Waals surface area contributed by atoms with E-state index in [1.54, 1.807) is 6.07 Å². The zero-order valence-corrected chi connectivity index (χ0v) is 16.5. The molecule has 1 N–H and O–H groups in total. The number of amidine groups is 1. The summed E-state index contributed by atoms with van der Waals surface area (Å²) in [5, 5.41) is 14.3. The lowest BCUT2D eigenvalue weighted by atomic mass is 10.1. The first kappa shape index (κ1) is 21.2. The van der Waals surface area contributed by atoms with Crippen LogP contribution in [0.4, 0.5) is 20.2 Å². The largest absolute Gasteiger partial charge is 0.493 e. The first-order chi connectivity index (χ1) is 14.3. The van der Waals surface area contributed by atoms with Gasteiger partial charge < -0.3 is 14.8 Å². The van der Waals surface area contributed by atoms with Gasteiger partial charge in [-0.15, -0.1) is 0 Å². The summed E-state index contributed by atoms with van der Waals surface area (Å²) in [5.74, 6) is -1.11. The molecule has 30 heavy (non-hydrogen) atoms. The van der Waals surface area contributed by atoms with Crippen LogP contribution in [-0.4, -0.2) is 29.7 Å². The summed E-state index contributed by atoms with van der Waals surface area (Å²) >= 11 is 1.00. The van der Waals surface area contributed by atoms with Crippen molar-refractivity contribution in [2.45, 2.75) is 13.5 Å². The first-order valence-corrected chi connectivity index (χ1v) is 9.26. The number of amides is 1. The van der Waals surface area contributed by atoms with Gasteiger partial charge in [0.2, 0.25) is 0 Å². The number of alkyl halides is 2. The molecule has 0 bridgehead atoms. The Hall–Kier alpha value is -3.47. The number of carbonyl (C=O) groups is 1. The van der Waals surface area contributed by atoms with Crippen LogP contribution >= 0.6 is 11.8 Å². The normalized spacial score (nSPS) is 16.2. The van der Waals surface area contributed by atoms with Crippen LogP contribution < -0.4 is 14.8 Å². The number of hydrogen-bond acceptors (Lipinski definition) is 7. The van der Waals surface area contributed by atoms with E-state index in [0.717, 1.165) is 29.5 Å². The second-order valence-electron chi connectivity index (χ2n) is 5.97. The van der Waals surface area contributed by atoms with Crippen LogP contribution in [0, 0.1) is 17.0 Å². The van der Waals surface area contributed by atoms with Crippen LogP contribution in [0.25, 0.3) is 6.08 Å². The molecule has 2 aromatic carbocycles. The van der Waals surface area contributed by atoms with Crippen LogP contribution in [0.1, 0.15) is 11.1 Å². The summed E-state index contributed by atoms with van der Waals surface area (Å²) < 4.78 is 34.4. The topological polar surface area (TPSA) is 103 Å². The van der Waals surface area contributed by atoms with Gasteiger partial charge in [0.15, 0.2) is 16.7 Å². The number of halogens is 2. The van der Waals surface area contributed by atoms with Crippen LogP contribution in [0.3, 0.4) is 0 Å². The number of aliphatic imine (C=N–C) groups is 1. The van der Waals surface area contributed by atoms with Gasteiger partial charge in [0.1, 0.15) is 0 Å². The Morgan fingerprint density at radius 2 is 2.00 bits per heavy atom. The van der Waals surface area contributed by atoms with E-state index in [-0.39, 0.29) is 16.2 Å². The Morgan fingerprint density at radius 3 is 2.63 bits per heavy atom. The lowest BCUT2D eigenvalue weighted by Crippen LogP contribution is -2.19. The zero-order valence-electron chi connectivity index (χ0n) is 15.7. The lowest BCUT2D eigenvalue weighted by molar-refractivity contribution is -0.385. The summed E-state index contributed by atoms with van der Waals surface area (Å²) in [7, 11) is 1.21. The number of nitrogens with zero attached hydrogens (tertiary/aromatic N) is 2. The van der Waals surface area contributed by atoms with E-state index in [4.69, 9.17) is 4.74 Å². The molecule has 1 saturated heterocycles. The highest BCUT2D eigenvalue weighted by Gasteiger charge is 2.27. The smallest absolute Gasteiger partial charge is 0.387 e. The Kier molecular flexibility index (Phi) is 6.31. The van der Waals surface area contributed by atoms with Gasteiger partial charge in [-0.05, 0) is 42.5 Å². The number of para-hydroxylation sites is 1. The number of aryl methyl sites for hydroxylation is 1. The van der Waals surface area contributed by atoms with Gasteiger partial charge >= 0.3 is 6.61 Å². The number of rotatable bonds is 6. The van der Waals surface area contributed by atoms with E-state index in [1.165, 1.54) is 13.2 Å². The molecular formula is C19H15F2N3O5S. The minimum Gasteiger partial charge on any atom is -0.493 e. The Morgan fingerprint density at radius 1 is 1.27 bits per heavy atom. The van der Waals surface area contributed by atoms with Crippen molar-refractivity contribution in [2.24, 2.45) is 4.99 Å². The highest BCUT2D eigenvalue weighted by molar-refractivity contribution is 8.18. The van der Waals surface area contributed by atoms with E-state index in [0.29, 0.717) is 10.9 Å². The molecule has 11 heteroatoms. The van der Waals surface area contributed by atoms with Crippen LogP contribution in [0.5, 0.6) is 11.5 Å². The van der Waals surface area contributed by atoms with Crippen LogP contribution in [0.2, 0.25) is 0 Å². The molecule has 3 rings (SSSR count). The van der Waals surface area contributed by atoms with Gasteiger partial charge in [-0.1, -0.05) is 18.2 Å². The second-order valence-corrected chi connectivity index (χ2v) is 7.00. The summed E-state index contributed by atoms with van der Waals surface area (Å²) in [6.45, 7) is -1.31. The van der Waals surface area contributed by atoms with Crippen molar-refractivity contribution in [2.75, 3.05) is 7.11 Å². The third-order valence-corrected chi connectivity index (χ3v) is 4.91. The second kappa shape index (κ2) is 8.91. The summed E-state index contributed by atoms with van der Waals surface area (Å²) in [6.07, 6.45) is 1.27. The zero-order chi connectivity index (χ0) is 21.8. The predicted octanol–water partition coefficient (Wildman–Crippen LogP) is 4.40. The number of nitro benzene ring substituents is 1. The highest BCUT2D eigenvalue weighted by atomic mass is 32.2. The molecule has 1 amide bonds. The van der Waals surface area contributed by atoms with Gasteiger partial charge in [-0.2, -0.15) is 8.78 Å². The molecule has 0 unspecified atom stereocenters. The van der Waals surface area contributed by atoms with E-state index in [9.17, 15) is 23.7 Å². The Balaban J connectivity index is 1.98. The predicted molar refractivity (Wildman–Crippen MR) is 108 cm³/mol. The lowest BCUT2D eigenvalue weighted by Gasteiger charge is -2.11. The molecule has 1 aliphatic rings. The molecule has 2 aromatic rings.